The van der Waals surface area contributed by atoms with Crippen molar-refractivity contribution in [1.82, 2.24) is 10.2 Å². The summed E-state index contributed by atoms with van der Waals surface area (Å²) in [6, 6.07) is 10.6. The van der Waals surface area contributed by atoms with Crippen molar-refractivity contribution in [3.8, 4) is 0 Å². The molecule has 24 heavy (non-hydrogen) atoms. The van der Waals surface area contributed by atoms with Gasteiger partial charge in [-0.2, -0.15) is 0 Å². The van der Waals surface area contributed by atoms with Crippen LogP contribution in [0.25, 0.3) is 0 Å². The largest absolute Gasteiger partial charge is 0.459 e. The first-order chi connectivity index (χ1) is 11.7. The number of furan rings is 1. The first-order valence-corrected chi connectivity index (χ1v) is 7.88. The van der Waals surface area contributed by atoms with E-state index in [1.807, 2.05) is 24.3 Å². The van der Waals surface area contributed by atoms with Crippen LogP contribution in [0.15, 0.2) is 47.1 Å². The highest BCUT2D eigenvalue weighted by Crippen LogP contribution is 2.25. The van der Waals surface area contributed by atoms with E-state index in [4.69, 9.17) is 9.15 Å². The Morgan fingerprint density at radius 3 is 2.75 bits per heavy atom. The van der Waals surface area contributed by atoms with Gasteiger partial charge in [0.1, 0.15) is 6.04 Å². The molecule has 1 N–H and O–H groups in total. The topological polar surface area (TPSA) is 71.8 Å². The highest BCUT2D eigenvalue weighted by Gasteiger charge is 2.35. The third kappa shape index (κ3) is 3.33. The molecule has 0 bridgehead atoms. The smallest absolute Gasteiger partial charge is 0.290 e. The summed E-state index contributed by atoms with van der Waals surface area (Å²) in [5.41, 5.74) is 2.14. The molecule has 6 nitrogen and oxygen atoms in total. The van der Waals surface area contributed by atoms with E-state index in [-0.39, 0.29) is 17.6 Å². The van der Waals surface area contributed by atoms with Crippen LogP contribution in [0.3, 0.4) is 0 Å². The number of ether oxygens (including phenoxy) is 1. The monoisotopic (exact) mass is 328 g/mol. The molecule has 1 aromatic carbocycles. The average Bonchev–Trinajstić information content (AvgIpc) is 3.14. The number of nitrogens with zero attached hydrogens (tertiary/aromatic N) is 1. The van der Waals surface area contributed by atoms with Crippen LogP contribution in [-0.4, -0.2) is 43.0 Å². The molecular weight excluding hydrogens is 308 g/mol. The number of hydrogen-bond acceptors (Lipinski definition) is 4. The summed E-state index contributed by atoms with van der Waals surface area (Å²) < 4.78 is 10.2. The molecule has 1 aromatic heterocycles. The fourth-order valence-electron chi connectivity index (χ4n) is 2.91. The second-order valence-corrected chi connectivity index (χ2v) is 5.68. The molecule has 2 aromatic rings. The van der Waals surface area contributed by atoms with Crippen molar-refractivity contribution in [1.29, 1.82) is 0 Å². The number of carbonyl (C=O) groups excluding carboxylic acids is 2. The fourth-order valence-corrected chi connectivity index (χ4v) is 2.91. The van der Waals surface area contributed by atoms with Crippen LogP contribution in [0.2, 0.25) is 0 Å². The molecule has 126 valence electrons. The molecule has 0 aliphatic carbocycles. The van der Waals surface area contributed by atoms with Crippen molar-refractivity contribution in [2.24, 2.45) is 0 Å². The molecule has 2 amide bonds. The Labute approximate surface area is 140 Å². The van der Waals surface area contributed by atoms with Crippen LogP contribution in [0.5, 0.6) is 0 Å². The van der Waals surface area contributed by atoms with Crippen LogP contribution in [0, 0.1) is 0 Å². The summed E-state index contributed by atoms with van der Waals surface area (Å²) in [5.74, 6) is -0.216. The molecule has 0 fully saturated rings. The highest BCUT2D eigenvalue weighted by atomic mass is 16.5. The second-order valence-electron chi connectivity index (χ2n) is 5.68. The van der Waals surface area contributed by atoms with Crippen LogP contribution in [0.1, 0.15) is 21.7 Å². The van der Waals surface area contributed by atoms with Crippen LogP contribution in [0.4, 0.5) is 0 Å². The molecule has 1 atom stereocenters. The molecular formula is C18H20N2O4. The Hall–Kier alpha value is -2.60. The molecule has 6 heteroatoms. The number of nitrogens with one attached hydrogen (secondary N) is 1. The van der Waals surface area contributed by atoms with Crippen LogP contribution < -0.4 is 5.32 Å². The van der Waals surface area contributed by atoms with E-state index in [0.717, 1.165) is 11.1 Å². The SMILES string of the molecule is COCCNC(=O)[C@H]1Cc2ccccc2CN1C(=O)c1ccco1. The maximum atomic E-state index is 12.7. The number of hydrogen-bond donors (Lipinski definition) is 1. The Morgan fingerprint density at radius 2 is 2.04 bits per heavy atom. The Bertz CT molecular complexity index is 712. The minimum Gasteiger partial charge on any atom is -0.459 e. The predicted molar refractivity (Wildman–Crippen MR) is 87.4 cm³/mol. The first-order valence-electron chi connectivity index (χ1n) is 7.88. The number of rotatable bonds is 5. The molecule has 0 unspecified atom stereocenters. The lowest BCUT2D eigenvalue weighted by Crippen LogP contribution is -2.52. The van der Waals surface area contributed by atoms with E-state index >= 15 is 0 Å². The zero-order valence-electron chi connectivity index (χ0n) is 13.5. The van der Waals surface area contributed by atoms with E-state index in [1.54, 1.807) is 24.1 Å². The molecule has 2 heterocycles. The normalized spacial score (nSPS) is 16.5. The van der Waals surface area contributed by atoms with Gasteiger partial charge in [-0.15, -0.1) is 0 Å². The van der Waals surface area contributed by atoms with E-state index < -0.39 is 6.04 Å². The van der Waals surface area contributed by atoms with Gasteiger partial charge in [-0.05, 0) is 23.3 Å². The van der Waals surface area contributed by atoms with Gasteiger partial charge in [0, 0.05) is 26.6 Å². The van der Waals surface area contributed by atoms with E-state index in [2.05, 4.69) is 5.32 Å². The van der Waals surface area contributed by atoms with Crippen molar-refractivity contribution < 1.29 is 18.7 Å². The lowest BCUT2D eigenvalue weighted by Gasteiger charge is -2.35. The quantitative estimate of drug-likeness (QED) is 0.847. The van der Waals surface area contributed by atoms with Crippen molar-refractivity contribution in [2.45, 2.75) is 19.0 Å². The standard InChI is InChI=1S/C18H20N2O4/c1-23-10-8-19-17(21)15-11-13-5-2-3-6-14(13)12-20(15)18(22)16-7-4-9-24-16/h2-7,9,15H,8,10-12H2,1H3,(H,19,21)/t15-/m1/s1. The molecule has 0 saturated carbocycles. The fraction of sp³-hybridized carbons (Fsp3) is 0.333. The first kappa shape index (κ1) is 16.3. The van der Waals surface area contributed by atoms with Gasteiger partial charge in [-0.3, -0.25) is 9.59 Å². The molecule has 0 saturated heterocycles. The summed E-state index contributed by atoms with van der Waals surface area (Å²) in [6.45, 7) is 1.23. The summed E-state index contributed by atoms with van der Waals surface area (Å²) in [5, 5.41) is 2.83. The minimum absolute atomic E-state index is 0.179. The van der Waals surface area contributed by atoms with Gasteiger partial charge in [0.25, 0.3) is 5.91 Å². The maximum absolute atomic E-state index is 12.7. The lowest BCUT2D eigenvalue weighted by molar-refractivity contribution is -0.126. The number of fused-ring (bicyclic) bond motifs is 1. The third-order valence-electron chi connectivity index (χ3n) is 4.15. The van der Waals surface area contributed by atoms with Gasteiger partial charge in [0.2, 0.25) is 5.91 Å². The predicted octanol–water partition coefficient (Wildman–Crippen LogP) is 1.61. The molecule has 3 rings (SSSR count). The summed E-state index contributed by atoms with van der Waals surface area (Å²) in [4.78, 5) is 26.9. The maximum Gasteiger partial charge on any atom is 0.290 e. The second kappa shape index (κ2) is 7.31. The molecule has 1 aliphatic heterocycles. The third-order valence-corrected chi connectivity index (χ3v) is 4.15. The summed E-state index contributed by atoms with van der Waals surface area (Å²) in [7, 11) is 1.58. The number of amides is 2. The highest BCUT2D eigenvalue weighted by molar-refractivity contribution is 5.96. The summed E-state index contributed by atoms with van der Waals surface area (Å²) >= 11 is 0. The van der Waals surface area contributed by atoms with E-state index in [1.165, 1.54) is 6.26 Å². The lowest BCUT2D eigenvalue weighted by atomic mass is 9.93. The van der Waals surface area contributed by atoms with Crippen molar-refractivity contribution in [2.75, 3.05) is 20.3 Å². The van der Waals surface area contributed by atoms with Crippen LogP contribution >= 0.6 is 0 Å². The van der Waals surface area contributed by atoms with Gasteiger partial charge < -0.3 is 19.4 Å². The van der Waals surface area contributed by atoms with Gasteiger partial charge in [0.15, 0.2) is 5.76 Å². The Morgan fingerprint density at radius 1 is 1.25 bits per heavy atom. The zero-order chi connectivity index (χ0) is 16.9. The molecule has 1 aliphatic rings. The number of carbonyl (C=O) groups is 2. The van der Waals surface area contributed by atoms with Crippen molar-refractivity contribution in [3.63, 3.8) is 0 Å². The minimum atomic E-state index is -0.561. The number of methoxy groups -OCH3 is 1. The van der Waals surface area contributed by atoms with E-state index in [0.29, 0.717) is 26.1 Å². The number of benzene rings is 1. The van der Waals surface area contributed by atoms with Crippen molar-refractivity contribution in [3.05, 3.63) is 59.5 Å². The average molecular weight is 328 g/mol. The van der Waals surface area contributed by atoms with Crippen molar-refractivity contribution >= 4 is 11.8 Å². The molecule has 0 radical (unpaired) electrons. The Kier molecular flexibility index (Phi) is 4.96. The Balaban J connectivity index is 1.84. The van der Waals surface area contributed by atoms with Gasteiger partial charge in [-0.1, -0.05) is 24.3 Å². The molecule has 0 spiro atoms. The van der Waals surface area contributed by atoms with Gasteiger partial charge in [0.05, 0.1) is 12.9 Å². The van der Waals surface area contributed by atoms with Crippen LogP contribution in [-0.2, 0) is 22.5 Å². The van der Waals surface area contributed by atoms with Gasteiger partial charge in [-0.25, -0.2) is 0 Å². The van der Waals surface area contributed by atoms with E-state index in [9.17, 15) is 9.59 Å². The zero-order valence-corrected chi connectivity index (χ0v) is 13.5. The van der Waals surface area contributed by atoms with Gasteiger partial charge >= 0.3 is 0 Å². The summed E-state index contributed by atoms with van der Waals surface area (Å²) in [6.07, 6.45) is 1.94.